The van der Waals surface area contributed by atoms with Crippen molar-refractivity contribution < 1.29 is 5.11 Å². The van der Waals surface area contributed by atoms with Crippen molar-refractivity contribution in [1.82, 2.24) is 0 Å². The SMILES string of the molecule is Cc1cc(C(O)Cc2sccc2Br)c(C)s1. The smallest absolute Gasteiger partial charge is 0.0849 e. The maximum absolute atomic E-state index is 10.2. The Kier molecular flexibility index (Phi) is 3.85. The van der Waals surface area contributed by atoms with Crippen molar-refractivity contribution in [2.24, 2.45) is 0 Å². The summed E-state index contributed by atoms with van der Waals surface area (Å²) in [5.41, 5.74) is 1.07. The van der Waals surface area contributed by atoms with E-state index in [1.54, 1.807) is 22.7 Å². The van der Waals surface area contributed by atoms with Gasteiger partial charge in [-0.2, -0.15) is 0 Å². The summed E-state index contributed by atoms with van der Waals surface area (Å²) in [6.45, 7) is 4.15. The summed E-state index contributed by atoms with van der Waals surface area (Å²) in [6.07, 6.45) is 0.301. The molecule has 1 atom stereocenters. The molecule has 1 N–H and O–H groups in total. The minimum atomic E-state index is -0.389. The maximum atomic E-state index is 10.2. The van der Waals surface area contributed by atoms with Crippen LogP contribution in [0.5, 0.6) is 0 Å². The predicted octanol–water partition coefficient (Wildman–Crippen LogP) is 4.47. The van der Waals surface area contributed by atoms with Crippen molar-refractivity contribution in [3.63, 3.8) is 0 Å². The fraction of sp³-hybridized carbons (Fsp3) is 0.333. The first kappa shape index (κ1) is 12.3. The fourth-order valence-corrected chi connectivity index (χ4v) is 4.27. The number of hydrogen-bond donors (Lipinski definition) is 1. The molecule has 0 aromatic carbocycles. The van der Waals surface area contributed by atoms with Crippen molar-refractivity contribution in [2.45, 2.75) is 26.4 Å². The number of rotatable bonds is 3. The zero-order valence-corrected chi connectivity index (χ0v) is 12.4. The molecule has 2 rings (SSSR count). The van der Waals surface area contributed by atoms with Crippen molar-refractivity contribution in [3.8, 4) is 0 Å². The Balaban J connectivity index is 2.17. The molecule has 0 aliphatic carbocycles. The highest BCUT2D eigenvalue weighted by Crippen LogP contribution is 2.32. The summed E-state index contributed by atoms with van der Waals surface area (Å²) in [7, 11) is 0. The summed E-state index contributed by atoms with van der Waals surface area (Å²) >= 11 is 6.92. The molecular weight excluding hydrogens is 304 g/mol. The van der Waals surface area contributed by atoms with Crippen LogP contribution in [0.1, 0.15) is 26.3 Å². The molecule has 2 heterocycles. The van der Waals surface area contributed by atoms with E-state index in [4.69, 9.17) is 0 Å². The predicted molar refractivity (Wildman–Crippen MR) is 74.5 cm³/mol. The molecule has 0 aliphatic rings. The van der Waals surface area contributed by atoms with E-state index >= 15 is 0 Å². The van der Waals surface area contributed by atoms with Gasteiger partial charge in [-0.15, -0.1) is 22.7 Å². The molecular formula is C12H13BrOS2. The molecule has 2 aromatic rings. The van der Waals surface area contributed by atoms with Gasteiger partial charge in [-0.25, -0.2) is 0 Å². The van der Waals surface area contributed by atoms with Gasteiger partial charge in [-0.05, 0) is 52.9 Å². The Morgan fingerprint density at radius 3 is 2.69 bits per heavy atom. The number of thiophene rings is 2. The molecule has 0 saturated carbocycles. The zero-order chi connectivity index (χ0) is 11.7. The molecule has 1 unspecified atom stereocenters. The van der Waals surface area contributed by atoms with Crippen molar-refractivity contribution in [2.75, 3.05) is 0 Å². The van der Waals surface area contributed by atoms with Gasteiger partial charge in [0.25, 0.3) is 0 Å². The van der Waals surface area contributed by atoms with Gasteiger partial charge >= 0.3 is 0 Å². The average Bonchev–Trinajstić information content (AvgIpc) is 2.74. The normalized spacial score (nSPS) is 13.0. The molecule has 86 valence electrons. The average molecular weight is 317 g/mol. The Labute approximate surface area is 112 Å². The molecule has 4 heteroatoms. The van der Waals surface area contributed by atoms with Gasteiger partial charge in [0.1, 0.15) is 0 Å². The van der Waals surface area contributed by atoms with E-state index in [2.05, 4.69) is 35.8 Å². The third-order valence-electron chi connectivity index (χ3n) is 2.51. The molecule has 16 heavy (non-hydrogen) atoms. The Bertz CT molecular complexity index is 487. The number of hydrogen-bond acceptors (Lipinski definition) is 3. The molecule has 0 spiro atoms. The van der Waals surface area contributed by atoms with E-state index in [0.717, 1.165) is 10.0 Å². The quantitative estimate of drug-likeness (QED) is 0.886. The first-order chi connectivity index (χ1) is 7.58. The second kappa shape index (κ2) is 5.00. The summed E-state index contributed by atoms with van der Waals surface area (Å²) in [6, 6.07) is 4.12. The minimum Gasteiger partial charge on any atom is -0.388 e. The lowest BCUT2D eigenvalue weighted by molar-refractivity contribution is 0.179. The van der Waals surface area contributed by atoms with Crippen molar-refractivity contribution in [3.05, 3.63) is 42.2 Å². The first-order valence-corrected chi connectivity index (χ1v) is 7.53. The second-order valence-corrected chi connectivity index (χ2v) is 7.10. The molecule has 0 saturated heterocycles. The lowest BCUT2D eigenvalue weighted by atomic mass is 10.1. The van der Waals surface area contributed by atoms with Crippen molar-refractivity contribution in [1.29, 1.82) is 0 Å². The largest absolute Gasteiger partial charge is 0.388 e. The monoisotopic (exact) mass is 316 g/mol. The van der Waals surface area contributed by atoms with Crippen LogP contribution in [0.2, 0.25) is 0 Å². The van der Waals surface area contributed by atoms with Gasteiger partial charge in [0.15, 0.2) is 0 Å². The van der Waals surface area contributed by atoms with Crippen LogP contribution in [-0.2, 0) is 6.42 Å². The topological polar surface area (TPSA) is 20.2 Å². The molecule has 1 nitrogen and oxygen atoms in total. The van der Waals surface area contributed by atoms with Gasteiger partial charge in [-0.1, -0.05) is 0 Å². The summed E-state index contributed by atoms with van der Waals surface area (Å²) in [4.78, 5) is 3.69. The Morgan fingerprint density at radius 1 is 1.44 bits per heavy atom. The molecule has 0 radical (unpaired) electrons. The highest BCUT2D eigenvalue weighted by Gasteiger charge is 2.15. The van der Waals surface area contributed by atoms with Gasteiger partial charge in [0.2, 0.25) is 0 Å². The van der Waals surface area contributed by atoms with E-state index in [9.17, 15) is 5.11 Å². The van der Waals surface area contributed by atoms with Gasteiger partial charge in [-0.3, -0.25) is 0 Å². The second-order valence-electron chi connectivity index (χ2n) is 3.78. The third kappa shape index (κ3) is 2.56. The van der Waals surface area contributed by atoms with Crippen LogP contribution in [0, 0.1) is 13.8 Å². The Hall–Kier alpha value is -0.160. The lowest BCUT2D eigenvalue weighted by Crippen LogP contribution is -2.00. The lowest BCUT2D eigenvalue weighted by Gasteiger charge is -2.09. The van der Waals surface area contributed by atoms with Gasteiger partial charge in [0.05, 0.1) is 6.10 Å². The number of aliphatic hydroxyl groups excluding tert-OH is 1. The van der Waals surface area contributed by atoms with Crippen LogP contribution in [0.15, 0.2) is 22.0 Å². The first-order valence-electron chi connectivity index (χ1n) is 5.05. The number of aliphatic hydroxyl groups is 1. The van der Waals surface area contributed by atoms with Gasteiger partial charge in [0, 0.05) is 25.5 Å². The van der Waals surface area contributed by atoms with Crippen LogP contribution >= 0.6 is 38.6 Å². The van der Waals surface area contributed by atoms with Crippen molar-refractivity contribution >= 4 is 38.6 Å². The van der Waals surface area contributed by atoms with Crippen LogP contribution < -0.4 is 0 Å². The summed E-state index contributed by atoms with van der Waals surface area (Å²) in [5, 5.41) is 12.2. The fourth-order valence-electron chi connectivity index (χ4n) is 1.74. The van der Waals surface area contributed by atoms with E-state index in [1.807, 2.05) is 11.4 Å². The number of halogens is 1. The molecule has 0 fully saturated rings. The Morgan fingerprint density at radius 2 is 2.19 bits per heavy atom. The van der Waals surface area contributed by atoms with Crippen LogP contribution in [0.4, 0.5) is 0 Å². The van der Waals surface area contributed by atoms with E-state index in [0.29, 0.717) is 6.42 Å². The molecule has 0 aliphatic heterocycles. The van der Waals surface area contributed by atoms with Crippen LogP contribution in [0.3, 0.4) is 0 Å². The number of aryl methyl sites for hydroxylation is 2. The van der Waals surface area contributed by atoms with Gasteiger partial charge < -0.3 is 5.11 Å². The summed E-state index contributed by atoms with van der Waals surface area (Å²) < 4.78 is 1.10. The van der Waals surface area contributed by atoms with Crippen LogP contribution in [0.25, 0.3) is 0 Å². The van der Waals surface area contributed by atoms with E-state index in [1.165, 1.54) is 14.6 Å². The summed E-state index contributed by atoms with van der Waals surface area (Å²) in [5.74, 6) is 0. The molecule has 0 bridgehead atoms. The molecule has 0 amide bonds. The highest BCUT2D eigenvalue weighted by atomic mass is 79.9. The van der Waals surface area contributed by atoms with Crippen LogP contribution in [-0.4, -0.2) is 5.11 Å². The van der Waals surface area contributed by atoms with E-state index in [-0.39, 0.29) is 6.10 Å². The molecule has 2 aromatic heterocycles. The maximum Gasteiger partial charge on any atom is 0.0849 e. The zero-order valence-electron chi connectivity index (χ0n) is 9.16. The van der Waals surface area contributed by atoms with E-state index < -0.39 is 0 Å². The standard InChI is InChI=1S/C12H13BrOS2/c1-7-5-9(8(2)16-7)11(14)6-12-10(13)3-4-15-12/h3-5,11,14H,6H2,1-2H3. The highest BCUT2D eigenvalue weighted by molar-refractivity contribution is 9.10. The minimum absolute atomic E-state index is 0.389. The third-order valence-corrected chi connectivity index (χ3v) is 5.44.